The van der Waals surface area contributed by atoms with Gasteiger partial charge in [-0.05, 0) is 6.92 Å². The summed E-state index contributed by atoms with van der Waals surface area (Å²) in [4.78, 5) is 36.3. The average Bonchev–Trinajstić information content (AvgIpc) is 2.77. The number of rotatable bonds is 6. The smallest absolute Gasteiger partial charge is 0.356 e. The largest absolute Gasteiger partial charge is 0.476 e. The van der Waals surface area contributed by atoms with Crippen molar-refractivity contribution in [2.75, 3.05) is 6.54 Å². The molecule has 0 spiro atoms. The molecule has 1 heterocycles. The van der Waals surface area contributed by atoms with E-state index in [0.717, 1.165) is 0 Å². The van der Waals surface area contributed by atoms with Crippen LogP contribution in [0.5, 0.6) is 0 Å². The maximum Gasteiger partial charge on any atom is 0.356 e. The Morgan fingerprint density at radius 2 is 2.21 bits per heavy atom. The van der Waals surface area contributed by atoms with E-state index in [0.29, 0.717) is 6.54 Å². The normalized spacial score (nSPS) is 11.6. The number of nitrogens with one attached hydrogen (secondary N) is 2. The predicted octanol–water partition coefficient (Wildman–Crippen LogP) is -1.25. The molecule has 0 aliphatic heterocycles. The van der Waals surface area contributed by atoms with Gasteiger partial charge < -0.3 is 26.0 Å². The summed E-state index contributed by atoms with van der Waals surface area (Å²) in [5.41, 5.74) is 4.92. The minimum absolute atomic E-state index is 0.0631. The molecule has 1 aromatic rings. The van der Waals surface area contributed by atoms with Crippen LogP contribution in [0.1, 0.15) is 17.4 Å². The number of primary amides is 1. The third kappa shape index (κ3) is 4.66. The van der Waals surface area contributed by atoms with Gasteiger partial charge in [-0.3, -0.25) is 4.79 Å². The van der Waals surface area contributed by atoms with Crippen molar-refractivity contribution in [3.8, 4) is 0 Å². The van der Waals surface area contributed by atoms with Crippen LogP contribution in [0.3, 0.4) is 0 Å². The summed E-state index contributed by atoms with van der Waals surface area (Å²) in [5.74, 6) is -1.74. The first-order valence-electron chi connectivity index (χ1n) is 5.49. The number of urea groups is 1. The number of carbonyl (C=O) groups is 3. The number of carbonyl (C=O) groups excluding carboxylic acids is 2. The molecule has 0 saturated carbocycles. The summed E-state index contributed by atoms with van der Waals surface area (Å²) in [7, 11) is 0. The van der Waals surface area contributed by atoms with Crippen molar-refractivity contribution in [3.05, 3.63) is 18.2 Å². The van der Waals surface area contributed by atoms with Crippen molar-refractivity contribution < 1.29 is 19.5 Å². The Bertz CT molecular complexity index is 484. The van der Waals surface area contributed by atoms with Crippen LogP contribution >= 0.6 is 0 Å². The fraction of sp³-hybridized carbons (Fsp3) is 0.400. The number of aromatic nitrogens is 2. The first kappa shape index (κ1) is 14.5. The van der Waals surface area contributed by atoms with Gasteiger partial charge in [0.2, 0.25) is 5.91 Å². The summed E-state index contributed by atoms with van der Waals surface area (Å²) in [5, 5.41) is 13.5. The highest BCUT2D eigenvalue weighted by Gasteiger charge is 2.11. The summed E-state index contributed by atoms with van der Waals surface area (Å²) in [6, 6.07) is -1.28. The van der Waals surface area contributed by atoms with Crippen LogP contribution in [-0.2, 0) is 11.3 Å². The Hall–Kier alpha value is -2.58. The van der Waals surface area contributed by atoms with Gasteiger partial charge >= 0.3 is 12.0 Å². The van der Waals surface area contributed by atoms with E-state index in [2.05, 4.69) is 15.6 Å². The molecule has 0 fully saturated rings. The van der Waals surface area contributed by atoms with Crippen molar-refractivity contribution >= 4 is 17.9 Å². The molecule has 0 radical (unpaired) electrons. The van der Waals surface area contributed by atoms with Crippen LogP contribution in [0.15, 0.2) is 12.5 Å². The van der Waals surface area contributed by atoms with Gasteiger partial charge in [0, 0.05) is 19.3 Å². The number of nitrogens with zero attached hydrogens (tertiary/aromatic N) is 2. The molecule has 1 rings (SSSR count). The van der Waals surface area contributed by atoms with E-state index in [1.165, 1.54) is 24.0 Å². The third-order valence-electron chi connectivity index (χ3n) is 2.28. The molecule has 1 atom stereocenters. The molecule has 3 amide bonds. The lowest BCUT2D eigenvalue weighted by Crippen LogP contribution is -2.47. The summed E-state index contributed by atoms with van der Waals surface area (Å²) < 4.78 is 1.53. The number of hydrogen-bond donors (Lipinski definition) is 4. The zero-order valence-electron chi connectivity index (χ0n) is 10.3. The zero-order chi connectivity index (χ0) is 14.4. The predicted molar refractivity (Wildman–Crippen MR) is 64.4 cm³/mol. The highest BCUT2D eigenvalue weighted by atomic mass is 16.4. The first-order chi connectivity index (χ1) is 8.90. The lowest BCUT2D eigenvalue weighted by atomic mass is 10.3. The Morgan fingerprint density at radius 1 is 1.53 bits per heavy atom. The van der Waals surface area contributed by atoms with Crippen LogP contribution in [0.25, 0.3) is 0 Å². The summed E-state index contributed by atoms with van der Waals surface area (Å²) in [6.45, 7) is 2.09. The molecule has 5 N–H and O–H groups in total. The maximum atomic E-state index is 11.3. The fourth-order valence-electron chi connectivity index (χ4n) is 1.21. The van der Waals surface area contributed by atoms with E-state index in [-0.39, 0.29) is 12.2 Å². The minimum Gasteiger partial charge on any atom is -0.476 e. The zero-order valence-corrected chi connectivity index (χ0v) is 10.3. The maximum absolute atomic E-state index is 11.3. The van der Waals surface area contributed by atoms with Crippen molar-refractivity contribution in [1.29, 1.82) is 0 Å². The van der Waals surface area contributed by atoms with Gasteiger partial charge in [0.15, 0.2) is 5.69 Å². The molecular weight excluding hydrogens is 254 g/mol. The molecular formula is C10H15N5O4. The Labute approximate surface area is 108 Å². The molecule has 0 saturated heterocycles. The van der Waals surface area contributed by atoms with Crippen LogP contribution in [0, 0.1) is 0 Å². The fourth-order valence-corrected chi connectivity index (χ4v) is 1.21. The second-order valence-corrected chi connectivity index (χ2v) is 3.83. The molecule has 104 valence electrons. The highest BCUT2D eigenvalue weighted by molar-refractivity contribution is 5.85. The standard InChI is InChI=1S/C10H15N5O4/c1-6(8(11)16)14-10(19)12-2-3-15-4-7(9(17)18)13-5-15/h4-6H,2-3H2,1H3,(H2,11,16)(H,17,18)(H2,12,14,19). The Morgan fingerprint density at radius 3 is 2.74 bits per heavy atom. The summed E-state index contributed by atoms with van der Waals surface area (Å²) >= 11 is 0. The van der Waals surface area contributed by atoms with E-state index >= 15 is 0 Å². The molecule has 19 heavy (non-hydrogen) atoms. The summed E-state index contributed by atoms with van der Waals surface area (Å²) in [6.07, 6.45) is 2.71. The van der Waals surface area contributed by atoms with E-state index in [9.17, 15) is 14.4 Å². The average molecular weight is 269 g/mol. The minimum atomic E-state index is -1.11. The number of carboxylic acid groups (broad SMARTS) is 1. The van der Waals surface area contributed by atoms with Crippen LogP contribution < -0.4 is 16.4 Å². The Kier molecular flexibility index (Phi) is 4.86. The second kappa shape index (κ2) is 6.38. The monoisotopic (exact) mass is 269 g/mol. The third-order valence-corrected chi connectivity index (χ3v) is 2.28. The number of imidazole rings is 1. The van der Waals surface area contributed by atoms with Gasteiger partial charge in [-0.15, -0.1) is 0 Å². The van der Waals surface area contributed by atoms with Gasteiger partial charge in [0.25, 0.3) is 0 Å². The molecule has 1 aromatic heterocycles. The van der Waals surface area contributed by atoms with E-state index < -0.39 is 23.9 Å². The van der Waals surface area contributed by atoms with E-state index in [1.807, 2.05) is 0 Å². The topological polar surface area (TPSA) is 139 Å². The van der Waals surface area contributed by atoms with Gasteiger partial charge in [-0.1, -0.05) is 0 Å². The van der Waals surface area contributed by atoms with Gasteiger partial charge in [-0.25, -0.2) is 14.6 Å². The van der Waals surface area contributed by atoms with Gasteiger partial charge in [0.1, 0.15) is 6.04 Å². The van der Waals surface area contributed by atoms with Crippen LogP contribution in [-0.4, -0.2) is 45.2 Å². The van der Waals surface area contributed by atoms with Gasteiger partial charge in [-0.2, -0.15) is 0 Å². The molecule has 0 aromatic carbocycles. The SMILES string of the molecule is CC(NC(=O)NCCn1cnc(C(=O)O)c1)C(N)=O. The van der Waals surface area contributed by atoms with Crippen molar-refractivity contribution in [2.45, 2.75) is 19.5 Å². The van der Waals surface area contributed by atoms with Crippen LogP contribution in [0.4, 0.5) is 4.79 Å². The highest BCUT2D eigenvalue weighted by Crippen LogP contribution is 1.95. The number of nitrogens with two attached hydrogens (primary N) is 1. The van der Waals surface area contributed by atoms with Gasteiger partial charge in [0.05, 0.1) is 6.33 Å². The van der Waals surface area contributed by atoms with Crippen LogP contribution in [0.2, 0.25) is 0 Å². The van der Waals surface area contributed by atoms with E-state index in [1.54, 1.807) is 0 Å². The molecule has 1 unspecified atom stereocenters. The lowest BCUT2D eigenvalue weighted by molar-refractivity contribution is -0.119. The molecule has 9 nitrogen and oxygen atoms in total. The quantitative estimate of drug-likeness (QED) is 0.511. The Balaban J connectivity index is 2.31. The second-order valence-electron chi connectivity index (χ2n) is 3.83. The van der Waals surface area contributed by atoms with Crippen molar-refractivity contribution in [3.63, 3.8) is 0 Å². The lowest BCUT2D eigenvalue weighted by Gasteiger charge is -2.11. The molecule has 0 bridgehead atoms. The van der Waals surface area contributed by atoms with Crippen molar-refractivity contribution in [1.82, 2.24) is 20.2 Å². The molecule has 0 aliphatic carbocycles. The number of carboxylic acids is 1. The van der Waals surface area contributed by atoms with Crippen molar-refractivity contribution in [2.24, 2.45) is 5.73 Å². The number of aromatic carboxylic acids is 1. The molecule has 9 heteroatoms. The molecule has 0 aliphatic rings. The number of hydrogen-bond acceptors (Lipinski definition) is 4. The first-order valence-corrected chi connectivity index (χ1v) is 5.49. The van der Waals surface area contributed by atoms with E-state index in [4.69, 9.17) is 10.8 Å². The number of amides is 3.